The molecule has 0 saturated heterocycles. The van der Waals surface area contributed by atoms with E-state index in [0.29, 0.717) is 42.9 Å². The molecule has 4 aromatic heterocycles. The molecule has 15 nitrogen and oxygen atoms in total. The smallest absolute Gasteiger partial charge is 0.416 e. The molecule has 4 heterocycles. The number of aromatic nitrogens is 10. The van der Waals surface area contributed by atoms with Crippen LogP contribution < -0.4 is 11.1 Å². The molecular weight excluding hydrogens is 811 g/mol. The molecule has 6 aromatic rings. The second kappa shape index (κ2) is 20.2. The summed E-state index contributed by atoms with van der Waals surface area (Å²) in [5.41, 5.74) is 8.96. The van der Waals surface area contributed by atoms with Crippen LogP contribution in [0.2, 0.25) is 0 Å². The molecule has 0 bridgehead atoms. The van der Waals surface area contributed by atoms with E-state index in [1.807, 2.05) is 53.7 Å². The predicted molar refractivity (Wildman–Crippen MR) is 211 cm³/mol. The summed E-state index contributed by atoms with van der Waals surface area (Å²) in [6.07, 6.45) is 0.660. The minimum Gasteiger partial charge on any atom is -0.478 e. The number of nitrogens with two attached hydrogens (primary N) is 1. The number of carbonyl (C=O) groups excluding carboxylic acids is 1. The number of carbonyl (C=O) groups is 2. The molecule has 0 spiro atoms. The van der Waals surface area contributed by atoms with E-state index in [9.17, 15) is 35.9 Å². The molecule has 0 aliphatic carbocycles. The van der Waals surface area contributed by atoms with Crippen LogP contribution in [0.3, 0.4) is 0 Å². The molecule has 21 heteroatoms. The molecular formula is C40H40F6N12O3. The molecule has 1 amide bonds. The number of nitrogens with zero attached hydrogens (tertiary/aromatic N) is 10. The second-order valence-corrected chi connectivity index (χ2v) is 13.2. The van der Waals surface area contributed by atoms with E-state index in [2.05, 4.69) is 51.5 Å². The molecule has 4 N–H and O–H groups in total. The normalized spacial score (nSPS) is 11.6. The van der Waals surface area contributed by atoms with E-state index in [1.165, 1.54) is 10.8 Å². The van der Waals surface area contributed by atoms with Crippen molar-refractivity contribution < 1.29 is 41.0 Å². The molecule has 0 fully saturated rings. The standard InChI is InChI=1S/C20H22N6O.C13H7F6N3O2.C7H11N3/c1-13-7-14(2)9-17(8-13)20-23-12-26(25-20)6-5-19(27)22-11-18-10-21-16(4)24-15(18)3;14-12(15,16)8-3-7(4-9(5-8)13(17,18)19)11-20-6-22(21-11)2-1-10(23)24;1-5-7(3-8)4-9-6(2)10-5/h5-10,12H,11H2,1-4H3,(H,22,27);1-6H,(H,23,24);4H,3,8H2,1-2H3/b6-5-;2-1-;. The van der Waals surface area contributed by atoms with Gasteiger partial charge in [-0.15, -0.1) is 10.2 Å². The van der Waals surface area contributed by atoms with Crippen LogP contribution in [0, 0.1) is 41.5 Å². The van der Waals surface area contributed by atoms with Crippen molar-refractivity contribution in [1.82, 2.24) is 54.8 Å². The Labute approximate surface area is 345 Å². The Bertz CT molecular complexity index is 2490. The van der Waals surface area contributed by atoms with Crippen molar-refractivity contribution in [3.8, 4) is 22.8 Å². The molecule has 61 heavy (non-hydrogen) atoms. The van der Waals surface area contributed by atoms with Gasteiger partial charge in [0.1, 0.15) is 24.3 Å². The van der Waals surface area contributed by atoms with E-state index in [-0.39, 0.29) is 12.0 Å². The number of benzene rings is 2. The first kappa shape index (κ1) is 46.5. The van der Waals surface area contributed by atoms with Gasteiger partial charge in [0.05, 0.1) is 11.1 Å². The predicted octanol–water partition coefficient (Wildman–Crippen LogP) is 6.85. The van der Waals surface area contributed by atoms with Crippen molar-refractivity contribution in [2.45, 2.75) is 67.0 Å². The fourth-order valence-electron chi connectivity index (χ4n) is 5.26. The lowest BCUT2D eigenvalue weighted by Gasteiger charge is -2.13. The van der Waals surface area contributed by atoms with Crippen LogP contribution in [-0.2, 0) is 35.0 Å². The van der Waals surface area contributed by atoms with E-state index < -0.39 is 40.8 Å². The maximum atomic E-state index is 12.8. The molecule has 0 unspecified atom stereocenters. The lowest BCUT2D eigenvalue weighted by atomic mass is 10.0. The quantitative estimate of drug-likeness (QED) is 0.101. The Morgan fingerprint density at radius 1 is 0.672 bits per heavy atom. The minimum absolute atomic E-state index is 0.00910. The number of aryl methyl sites for hydroxylation is 6. The number of rotatable bonds is 9. The summed E-state index contributed by atoms with van der Waals surface area (Å²) in [6.45, 7) is 12.5. The lowest BCUT2D eigenvalue weighted by Crippen LogP contribution is -2.21. The maximum absolute atomic E-state index is 12.8. The lowest BCUT2D eigenvalue weighted by molar-refractivity contribution is -0.143. The summed E-state index contributed by atoms with van der Waals surface area (Å²) in [5.74, 6) is 0.188. The highest BCUT2D eigenvalue weighted by molar-refractivity contribution is 5.90. The SMILES string of the molecule is Cc1cc(C)cc(-c2ncn(/C=C\C(=O)NCc3cnc(C)nc3C)n2)c1.Cc1ncc(CN)c(C)n1.O=C(O)/C=C\n1cnc(-c2cc(C(F)(F)F)cc(C(F)(F)F)c2)n1. The number of hydrogen-bond donors (Lipinski definition) is 3. The summed E-state index contributed by atoms with van der Waals surface area (Å²) in [6, 6.07) is 7.13. The van der Waals surface area contributed by atoms with Crippen LogP contribution in [-0.4, -0.2) is 66.4 Å². The largest absolute Gasteiger partial charge is 0.478 e. The van der Waals surface area contributed by atoms with Crippen LogP contribution in [0.1, 0.15) is 56.4 Å². The van der Waals surface area contributed by atoms with Crippen molar-refractivity contribution in [2.24, 2.45) is 5.73 Å². The van der Waals surface area contributed by atoms with Crippen molar-refractivity contribution in [3.63, 3.8) is 0 Å². The Morgan fingerprint density at radius 2 is 1.13 bits per heavy atom. The van der Waals surface area contributed by atoms with Gasteiger partial charge in [-0.05, 0) is 71.9 Å². The monoisotopic (exact) mass is 850 g/mol. The van der Waals surface area contributed by atoms with E-state index in [4.69, 9.17) is 10.8 Å². The van der Waals surface area contributed by atoms with Gasteiger partial charge in [-0.3, -0.25) is 4.79 Å². The summed E-state index contributed by atoms with van der Waals surface area (Å²) in [5, 5.41) is 19.3. The molecule has 0 saturated carbocycles. The van der Waals surface area contributed by atoms with Gasteiger partial charge in [0.25, 0.3) is 0 Å². The topological polar surface area (TPSA) is 205 Å². The molecule has 0 radical (unpaired) electrons. The minimum atomic E-state index is -4.98. The average Bonchev–Trinajstić information content (AvgIpc) is 3.86. The first-order chi connectivity index (χ1) is 28.6. The van der Waals surface area contributed by atoms with Gasteiger partial charge < -0.3 is 16.2 Å². The molecule has 0 atom stereocenters. The summed E-state index contributed by atoms with van der Waals surface area (Å²) < 4.78 is 79.0. The number of carboxylic acid groups (broad SMARTS) is 1. The Balaban J connectivity index is 0.000000221. The van der Waals surface area contributed by atoms with E-state index in [1.54, 1.807) is 24.9 Å². The number of carboxylic acids is 1. The van der Waals surface area contributed by atoms with Gasteiger partial charge in [0.2, 0.25) is 5.91 Å². The molecule has 0 aliphatic heterocycles. The zero-order valence-corrected chi connectivity index (χ0v) is 33.6. The third-order valence-corrected chi connectivity index (χ3v) is 8.17. The number of amides is 1. The van der Waals surface area contributed by atoms with Crippen molar-refractivity contribution in [2.75, 3.05) is 0 Å². The van der Waals surface area contributed by atoms with Gasteiger partial charge in [-0.25, -0.2) is 44.1 Å². The summed E-state index contributed by atoms with van der Waals surface area (Å²) in [4.78, 5) is 46.9. The van der Waals surface area contributed by atoms with E-state index >= 15 is 0 Å². The first-order valence-corrected chi connectivity index (χ1v) is 18.0. The van der Waals surface area contributed by atoms with E-state index in [0.717, 1.165) is 62.2 Å². The van der Waals surface area contributed by atoms with Crippen molar-refractivity contribution >= 4 is 24.3 Å². The maximum Gasteiger partial charge on any atom is 0.416 e. The summed E-state index contributed by atoms with van der Waals surface area (Å²) >= 11 is 0. The van der Waals surface area contributed by atoms with Crippen molar-refractivity contribution in [3.05, 3.63) is 130 Å². The van der Waals surface area contributed by atoms with Gasteiger partial charge in [0.15, 0.2) is 11.6 Å². The number of aliphatic carboxylic acids is 1. The Kier molecular flexibility index (Phi) is 15.4. The van der Waals surface area contributed by atoms with Crippen molar-refractivity contribution in [1.29, 1.82) is 0 Å². The van der Waals surface area contributed by atoms with Gasteiger partial charge in [-0.1, -0.05) is 17.2 Å². The highest BCUT2D eigenvalue weighted by Crippen LogP contribution is 2.38. The van der Waals surface area contributed by atoms with Gasteiger partial charge in [-0.2, -0.15) is 26.3 Å². The summed E-state index contributed by atoms with van der Waals surface area (Å²) in [7, 11) is 0. The number of hydrogen-bond acceptors (Lipinski definition) is 11. The highest BCUT2D eigenvalue weighted by atomic mass is 19.4. The highest BCUT2D eigenvalue weighted by Gasteiger charge is 2.37. The van der Waals surface area contributed by atoms with Crippen LogP contribution in [0.5, 0.6) is 0 Å². The zero-order chi connectivity index (χ0) is 45.1. The van der Waals surface area contributed by atoms with Crippen LogP contribution >= 0.6 is 0 Å². The second-order valence-electron chi connectivity index (χ2n) is 13.2. The first-order valence-electron chi connectivity index (χ1n) is 18.0. The van der Waals surface area contributed by atoms with Gasteiger partial charge >= 0.3 is 18.3 Å². The fraction of sp³-hybridized carbons (Fsp3) is 0.250. The van der Waals surface area contributed by atoms with Gasteiger partial charge in [0, 0.05) is 83.7 Å². The third-order valence-electron chi connectivity index (χ3n) is 8.17. The number of halogens is 6. The average molecular weight is 851 g/mol. The van der Waals surface area contributed by atoms with Crippen LogP contribution in [0.25, 0.3) is 35.2 Å². The molecule has 320 valence electrons. The zero-order valence-electron chi connectivity index (χ0n) is 33.6. The Morgan fingerprint density at radius 3 is 1.57 bits per heavy atom. The molecule has 6 rings (SSSR count). The molecule has 0 aliphatic rings. The fourth-order valence-corrected chi connectivity index (χ4v) is 5.26. The third kappa shape index (κ3) is 14.3. The Hall–Kier alpha value is -7.16. The molecule has 2 aromatic carbocycles. The van der Waals surface area contributed by atoms with Crippen LogP contribution in [0.4, 0.5) is 26.3 Å². The number of nitrogens with one attached hydrogen (secondary N) is 1. The number of alkyl halides is 6. The van der Waals surface area contributed by atoms with Crippen LogP contribution in [0.15, 0.2) is 73.6 Å².